The van der Waals surface area contributed by atoms with Gasteiger partial charge in [-0.2, -0.15) is 0 Å². The average molecular weight is 400 g/mol. The highest BCUT2D eigenvalue weighted by atomic mass is 16.2. The molecule has 0 spiro atoms. The Morgan fingerprint density at radius 2 is 1.60 bits per heavy atom. The summed E-state index contributed by atoms with van der Waals surface area (Å²) in [5, 5.41) is 5.60. The van der Waals surface area contributed by atoms with Gasteiger partial charge in [-0.3, -0.25) is 19.4 Å². The Bertz CT molecular complexity index is 1080. The van der Waals surface area contributed by atoms with Crippen LogP contribution in [-0.4, -0.2) is 29.3 Å². The summed E-state index contributed by atoms with van der Waals surface area (Å²) in [4.78, 5) is 42.4. The lowest BCUT2D eigenvalue weighted by Gasteiger charge is -2.16. The van der Waals surface area contributed by atoms with Crippen molar-refractivity contribution in [3.63, 3.8) is 0 Å². The molecule has 0 radical (unpaired) electrons. The molecule has 1 aliphatic rings. The van der Waals surface area contributed by atoms with Gasteiger partial charge in [0.1, 0.15) is 0 Å². The zero-order valence-corrected chi connectivity index (χ0v) is 16.2. The molecule has 3 aromatic rings. The van der Waals surface area contributed by atoms with Gasteiger partial charge in [0.2, 0.25) is 5.91 Å². The Balaban J connectivity index is 1.42. The van der Waals surface area contributed by atoms with Crippen LogP contribution in [0.4, 0.5) is 17.1 Å². The molecular weight excluding hydrogens is 380 g/mol. The fourth-order valence-electron chi connectivity index (χ4n) is 3.29. The number of carbonyl (C=O) groups excluding carboxylic acids is 3. The van der Waals surface area contributed by atoms with Crippen LogP contribution < -0.4 is 15.5 Å². The largest absolute Gasteiger partial charge is 0.322 e. The van der Waals surface area contributed by atoms with Gasteiger partial charge >= 0.3 is 0 Å². The molecule has 1 aromatic heterocycles. The van der Waals surface area contributed by atoms with Crippen LogP contribution in [0.2, 0.25) is 0 Å². The van der Waals surface area contributed by atoms with E-state index in [1.807, 2.05) is 12.1 Å². The molecule has 0 unspecified atom stereocenters. The first kappa shape index (κ1) is 19.3. The Kier molecular flexibility index (Phi) is 5.52. The fraction of sp³-hybridized carbons (Fsp3) is 0.130. The lowest BCUT2D eigenvalue weighted by atomic mass is 10.1. The number of benzene rings is 2. The smallest absolute Gasteiger partial charge is 0.257 e. The van der Waals surface area contributed by atoms with E-state index in [1.165, 1.54) is 6.20 Å². The summed E-state index contributed by atoms with van der Waals surface area (Å²) in [6, 6.07) is 17.2. The minimum atomic E-state index is -0.298. The first-order valence-corrected chi connectivity index (χ1v) is 9.63. The fourth-order valence-corrected chi connectivity index (χ4v) is 3.29. The van der Waals surface area contributed by atoms with E-state index in [0.717, 1.165) is 18.7 Å². The molecule has 7 heteroatoms. The van der Waals surface area contributed by atoms with Gasteiger partial charge in [0.25, 0.3) is 11.8 Å². The van der Waals surface area contributed by atoms with Crippen molar-refractivity contribution < 1.29 is 14.4 Å². The van der Waals surface area contributed by atoms with Crippen molar-refractivity contribution >= 4 is 34.8 Å². The first-order chi connectivity index (χ1) is 14.6. The highest BCUT2D eigenvalue weighted by Crippen LogP contribution is 2.23. The van der Waals surface area contributed by atoms with Gasteiger partial charge in [0.15, 0.2) is 0 Å². The molecule has 4 rings (SSSR count). The third kappa shape index (κ3) is 4.35. The van der Waals surface area contributed by atoms with Gasteiger partial charge < -0.3 is 15.5 Å². The summed E-state index contributed by atoms with van der Waals surface area (Å²) < 4.78 is 0. The maximum Gasteiger partial charge on any atom is 0.257 e. The van der Waals surface area contributed by atoms with Crippen molar-refractivity contribution in [3.8, 4) is 0 Å². The number of carbonyl (C=O) groups is 3. The van der Waals surface area contributed by atoms with Crippen LogP contribution in [0, 0.1) is 0 Å². The van der Waals surface area contributed by atoms with E-state index in [-0.39, 0.29) is 17.7 Å². The monoisotopic (exact) mass is 400 g/mol. The average Bonchev–Trinajstić information content (AvgIpc) is 3.21. The zero-order valence-electron chi connectivity index (χ0n) is 16.2. The summed E-state index contributed by atoms with van der Waals surface area (Å²) in [5.41, 5.74) is 2.82. The van der Waals surface area contributed by atoms with Gasteiger partial charge in [-0.05, 0) is 61.0 Å². The SMILES string of the molecule is O=C(Nc1cccc(C(=O)Nc2ccc(N3CCCC3=O)cc2)c1)c1cccnc1. The van der Waals surface area contributed by atoms with Gasteiger partial charge in [0.05, 0.1) is 5.56 Å². The number of amides is 3. The molecule has 1 aliphatic heterocycles. The van der Waals surface area contributed by atoms with Crippen LogP contribution in [0.25, 0.3) is 0 Å². The minimum absolute atomic E-state index is 0.122. The van der Waals surface area contributed by atoms with Gasteiger partial charge in [-0.15, -0.1) is 0 Å². The second-order valence-electron chi connectivity index (χ2n) is 6.93. The molecule has 0 atom stereocenters. The molecule has 0 saturated carbocycles. The van der Waals surface area contributed by atoms with E-state index < -0.39 is 0 Å². The molecule has 150 valence electrons. The molecule has 0 bridgehead atoms. The number of hydrogen-bond acceptors (Lipinski definition) is 4. The maximum absolute atomic E-state index is 12.6. The molecule has 7 nitrogen and oxygen atoms in total. The second kappa shape index (κ2) is 8.57. The standard InChI is InChI=1S/C23H20N4O3/c28-21-7-3-13-27(21)20-10-8-18(9-11-20)25-22(29)16-4-1-6-19(14-16)26-23(30)17-5-2-12-24-15-17/h1-2,4-6,8-12,14-15H,3,7,13H2,(H,25,29)(H,26,30). The number of rotatable bonds is 5. The highest BCUT2D eigenvalue weighted by molar-refractivity contribution is 6.07. The summed E-state index contributed by atoms with van der Waals surface area (Å²) >= 11 is 0. The van der Waals surface area contributed by atoms with Crippen LogP contribution in [-0.2, 0) is 4.79 Å². The van der Waals surface area contributed by atoms with E-state index in [4.69, 9.17) is 0 Å². The van der Waals surface area contributed by atoms with Gasteiger partial charge in [-0.1, -0.05) is 6.07 Å². The van der Waals surface area contributed by atoms with E-state index >= 15 is 0 Å². The predicted octanol–water partition coefficient (Wildman–Crippen LogP) is 3.71. The molecule has 3 amide bonds. The maximum atomic E-state index is 12.6. The number of aromatic nitrogens is 1. The van der Waals surface area contributed by atoms with E-state index in [0.29, 0.717) is 28.9 Å². The Labute approximate surface area is 173 Å². The normalized spacial score (nSPS) is 13.2. The molecule has 30 heavy (non-hydrogen) atoms. The zero-order chi connectivity index (χ0) is 20.9. The summed E-state index contributed by atoms with van der Waals surface area (Å²) in [6.07, 6.45) is 4.51. The van der Waals surface area contributed by atoms with Crippen LogP contribution in [0.1, 0.15) is 33.6 Å². The van der Waals surface area contributed by atoms with Crippen molar-refractivity contribution in [3.05, 3.63) is 84.2 Å². The van der Waals surface area contributed by atoms with Gasteiger partial charge in [-0.25, -0.2) is 0 Å². The molecule has 1 fully saturated rings. The summed E-state index contributed by atoms with van der Waals surface area (Å²) in [5.74, 6) is -0.470. The first-order valence-electron chi connectivity index (χ1n) is 9.63. The van der Waals surface area contributed by atoms with Crippen molar-refractivity contribution in [1.29, 1.82) is 0 Å². The number of nitrogens with zero attached hydrogens (tertiary/aromatic N) is 2. The number of nitrogens with one attached hydrogen (secondary N) is 2. The quantitative estimate of drug-likeness (QED) is 0.683. The number of anilines is 3. The Morgan fingerprint density at radius 3 is 2.30 bits per heavy atom. The van der Waals surface area contributed by atoms with Crippen LogP contribution >= 0.6 is 0 Å². The Morgan fingerprint density at radius 1 is 0.867 bits per heavy atom. The molecule has 0 aliphatic carbocycles. The summed E-state index contributed by atoms with van der Waals surface area (Å²) in [6.45, 7) is 0.724. The van der Waals surface area contributed by atoms with Crippen molar-refractivity contribution in [2.75, 3.05) is 22.1 Å². The molecule has 1 saturated heterocycles. The van der Waals surface area contributed by atoms with Crippen LogP contribution in [0.5, 0.6) is 0 Å². The second-order valence-corrected chi connectivity index (χ2v) is 6.93. The third-order valence-electron chi connectivity index (χ3n) is 4.82. The van der Waals surface area contributed by atoms with Crippen molar-refractivity contribution in [1.82, 2.24) is 4.98 Å². The van der Waals surface area contributed by atoms with Crippen molar-refractivity contribution in [2.24, 2.45) is 0 Å². The number of pyridine rings is 1. The number of hydrogen-bond donors (Lipinski definition) is 2. The van der Waals surface area contributed by atoms with Crippen LogP contribution in [0.15, 0.2) is 73.1 Å². The van der Waals surface area contributed by atoms with Crippen molar-refractivity contribution in [2.45, 2.75) is 12.8 Å². The minimum Gasteiger partial charge on any atom is -0.322 e. The lowest BCUT2D eigenvalue weighted by Crippen LogP contribution is -2.23. The van der Waals surface area contributed by atoms with E-state index in [1.54, 1.807) is 59.6 Å². The third-order valence-corrected chi connectivity index (χ3v) is 4.82. The molecule has 2 N–H and O–H groups in total. The van der Waals surface area contributed by atoms with Gasteiger partial charge in [0, 0.05) is 48.0 Å². The van der Waals surface area contributed by atoms with E-state index in [9.17, 15) is 14.4 Å². The lowest BCUT2D eigenvalue weighted by molar-refractivity contribution is -0.117. The highest BCUT2D eigenvalue weighted by Gasteiger charge is 2.21. The van der Waals surface area contributed by atoms with Crippen LogP contribution in [0.3, 0.4) is 0 Å². The van der Waals surface area contributed by atoms with E-state index in [2.05, 4.69) is 15.6 Å². The topological polar surface area (TPSA) is 91.4 Å². The molecular formula is C23H20N4O3. The molecule has 2 heterocycles. The summed E-state index contributed by atoms with van der Waals surface area (Å²) in [7, 11) is 0. The Hall–Kier alpha value is -4.00. The molecule has 2 aromatic carbocycles. The predicted molar refractivity (Wildman–Crippen MR) is 115 cm³/mol.